The molecule has 0 fully saturated rings. The van der Waals surface area contributed by atoms with Gasteiger partial charge in [0.25, 0.3) is 0 Å². The third-order valence-electron chi connectivity index (χ3n) is 3.05. The monoisotopic (exact) mass is 311 g/mol. The van der Waals surface area contributed by atoms with Crippen molar-refractivity contribution in [2.24, 2.45) is 10.2 Å². The summed E-state index contributed by atoms with van der Waals surface area (Å²) in [5.41, 5.74) is 8.45. The van der Waals surface area contributed by atoms with Crippen LogP contribution in [0.1, 0.15) is 23.9 Å². The van der Waals surface area contributed by atoms with Crippen molar-refractivity contribution in [1.29, 1.82) is 0 Å². The highest BCUT2D eigenvalue weighted by Gasteiger charge is 2.17. The highest BCUT2D eigenvalue weighted by molar-refractivity contribution is 5.98. The average molecular weight is 311 g/mol. The van der Waals surface area contributed by atoms with E-state index < -0.39 is 0 Å². The van der Waals surface area contributed by atoms with Crippen molar-refractivity contribution in [2.75, 3.05) is 5.73 Å². The topological polar surface area (TPSA) is 133 Å². The van der Waals surface area contributed by atoms with Crippen LogP contribution in [-0.4, -0.2) is 42.2 Å². The van der Waals surface area contributed by atoms with Gasteiger partial charge in [0.1, 0.15) is 5.69 Å². The zero-order valence-electron chi connectivity index (χ0n) is 12.5. The Bertz CT molecular complexity index is 863. The molecule has 2 N–H and O–H groups in total. The molecule has 0 unspecified atom stereocenters. The van der Waals surface area contributed by atoms with Crippen molar-refractivity contribution in [3.63, 3.8) is 0 Å². The van der Waals surface area contributed by atoms with Crippen LogP contribution in [0.3, 0.4) is 0 Å². The first-order chi connectivity index (χ1) is 11.2. The normalized spacial score (nSPS) is 12.2. The van der Waals surface area contributed by atoms with Gasteiger partial charge >= 0.3 is 0 Å². The molecule has 0 saturated carbocycles. The summed E-state index contributed by atoms with van der Waals surface area (Å²) in [6.07, 6.45) is 5.00. The van der Waals surface area contributed by atoms with Crippen LogP contribution >= 0.6 is 0 Å². The van der Waals surface area contributed by atoms with Crippen LogP contribution in [0.2, 0.25) is 0 Å². The maximum absolute atomic E-state index is 5.66. The number of hydrogen-bond donors (Lipinski definition) is 1. The molecule has 3 aromatic heterocycles. The maximum Gasteiger partial charge on any atom is 0.243 e. The van der Waals surface area contributed by atoms with Crippen LogP contribution in [-0.2, 0) is 0 Å². The highest BCUT2D eigenvalue weighted by atomic mass is 16.6. The molecule has 0 atom stereocenters. The zero-order valence-corrected chi connectivity index (χ0v) is 12.5. The van der Waals surface area contributed by atoms with Gasteiger partial charge in [0.05, 0.1) is 17.6 Å². The Morgan fingerprint density at radius 2 is 2.09 bits per heavy atom. The lowest BCUT2D eigenvalue weighted by Crippen LogP contribution is -2.04. The van der Waals surface area contributed by atoms with E-state index in [1.165, 1.54) is 4.68 Å². The number of nitrogens with two attached hydrogens (primary N) is 1. The molecule has 0 bridgehead atoms. The van der Waals surface area contributed by atoms with Crippen LogP contribution < -0.4 is 5.73 Å². The number of rotatable bonds is 4. The summed E-state index contributed by atoms with van der Waals surface area (Å²) in [5, 5.41) is 23.4. The van der Waals surface area contributed by atoms with Crippen molar-refractivity contribution in [3.05, 3.63) is 41.5 Å². The van der Waals surface area contributed by atoms with E-state index in [0.29, 0.717) is 17.1 Å². The first-order valence-electron chi connectivity index (χ1n) is 6.65. The van der Waals surface area contributed by atoms with Gasteiger partial charge in [-0.05, 0) is 41.9 Å². The van der Waals surface area contributed by atoms with Crippen molar-refractivity contribution >= 4 is 17.7 Å². The Balaban J connectivity index is 1.85. The molecule has 0 aromatic carbocycles. The standard InChI is InChI=1S/C13H13N9O/c1-8(17-16-7-10-3-5-15-6-4-10)11-9(2)22(21-18-11)13-12(14)19-23-20-13/h3-7H,1-2H3,(H2,14,19)/b16-7+,17-8+. The SMILES string of the molecule is C/C(=N\N=C\c1ccncc1)c1nnn(-c2nonc2N)c1C. The second kappa shape index (κ2) is 6.13. The molecule has 0 amide bonds. The lowest BCUT2D eigenvalue weighted by atomic mass is 10.2. The van der Waals surface area contributed by atoms with Crippen molar-refractivity contribution < 1.29 is 4.63 Å². The Hall–Kier alpha value is -3.43. The highest BCUT2D eigenvalue weighted by Crippen LogP contribution is 2.15. The molecule has 3 heterocycles. The van der Waals surface area contributed by atoms with Gasteiger partial charge in [-0.1, -0.05) is 5.21 Å². The Kier molecular flexibility index (Phi) is 3.87. The van der Waals surface area contributed by atoms with Crippen LogP contribution in [0.4, 0.5) is 5.82 Å². The summed E-state index contributed by atoms with van der Waals surface area (Å²) in [6.45, 7) is 3.60. The first kappa shape index (κ1) is 14.5. The molecule has 0 spiro atoms. The fourth-order valence-electron chi connectivity index (χ4n) is 1.88. The second-order valence-corrected chi connectivity index (χ2v) is 4.62. The Morgan fingerprint density at radius 3 is 2.78 bits per heavy atom. The lowest BCUT2D eigenvalue weighted by Gasteiger charge is -1.98. The molecule has 0 aliphatic heterocycles. The summed E-state index contributed by atoms with van der Waals surface area (Å²) in [6, 6.07) is 3.66. The summed E-state index contributed by atoms with van der Waals surface area (Å²) in [5.74, 6) is 0.421. The smallest absolute Gasteiger partial charge is 0.243 e. The largest absolute Gasteiger partial charge is 0.378 e. The molecule has 3 rings (SSSR count). The van der Waals surface area contributed by atoms with E-state index in [4.69, 9.17) is 5.73 Å². The van der Waals surface area contributed by atoms with Crippen LogP contribution in [0, 0.1) is 6.92 Å². The number of anilines is 1. The van der Waals surface area contributed by atoms with Crippen LogP contribution in [0.15, 0.2) is 39.4 Å². The fourth-order valence-corrected chi connectivity index (χ4v) is 1.88. The third-order valence-corrected chi connectivity index (χ3v) is 3.05. The van der Waals surface area contributed by atoms with E-state index in [0.717, 1.165) is 5.56 Å². The van der Waals surface area contributed by atoms with Gasteiger partial charge in [0.15, 0.2) is 0 Å². The van der Waals surface area contributed by atoms with E-state index in [1.807, 2.05) is 19.1 Å². The number of pyridine rings is 1. The lowest BCUT2D eigenvalue weighted by molar-refractivity contribution is 0.306. The quantitative estimate of drug-likeness (QED) is 0.555. The molecule has 10 heteroatoms. The third kappa shape index (κ3) is 2.95. The summed E-state index contributed by atoms with van der Waals surface area (Å²) in [7, 11) is 0. The molecule has 10 nitrogen and oxygen atoms in total. The minimum Gasteiger partial charge on any atom is -0.378 e. The molecule has 0 aliphatic rings. The number of nitrogens with zero attached hydrogens (tertiary/aromatic N) is 8. The van der Waals surface area contributed by atoms with Crippen LogP contribution in [0.25, 0.3) is 5.82 Å². The van der Waals surface area contributed by atoms with Crippen LogP contribution in [0.5, 0.6) is 0 Å². The summed E-state index contributed by atoms with van der Waals surface area (Å²) in [4.78, 5) is 3.93. The maximum atomic E-state index is 5.66. The van der Waals surface area contributed by atoms with Crippen molar-refractivity contribution in [2.45, 2.75) is 13.8 Å². The molecular weight excluding hydrogens is 298 g/mol. The molecule has 0 aliphatic carbocycles. The predicted octanol–water partition coefficient (Wildman–Crippen LogP) is 0.779. The van der Waals surface area contributed by atoms with Crippen molar-refractivity contribution in [3.8, 4) is 5.82 Å². The Labute approximate surface area is 130 Å². The fraction of sp³-hybridized carbons (Fsp3) is 0.154. The van der Waals surface area contributed by atoms with E-state index in [1.54, 1.807) is 25.5 Å². The number of nitrogen functional groups attached to an aromatic ring is 1. The minimum absolute atomic E-state index is 0.134. The number of aromatic nitrogens is 6. The number of hydrogen-bond acceptors (Lipinski definition) is 9. The average Bonchev–Trinajstić information content (AvgIpc) is 3.14. The van der Waals surface area contributed by atoms with E-state index in [2.05, 4.69) is 40.4 Å². The molecule has 116 valence electrons. The second-order valence-electron chi connectivity index (χ2n) is 4.62. The summed E-state index contributed by atoms with van der Waals surface area (Å²) >= 11 is 0. The molecule has 0 radical (unpaired) electrons. The van der Waals surface area contributed by atoms with Crippen molar-refractivity contribution in [1.82, 2.24) is 30.3 Å². The van der Waals surface area contributed by atoms with Gasteiger partial charge in [-0.15, -0.1) is 5.10 Å². The van der Waals surface area contributed by atoms with E-state index >= 15 is 0 Å². The van der Waals surface area contributed by atoms with Gasteiger partial charge < -0.3 is 5.73 Å². The predicted molar refractivity (Wildman–Crippen MR) is 82.4 cm³/mol. The Morgan fingerprint density at radius 1 is 1.30 bits per heavy atom. The van der Waals surface area contributed by atoms with Gasteiger partial charge in [-0.3, -0.25) is 4.98 Å². The molecule has 23 heavy (non-hydrogen) atoms. The molecular formula is C13H13N9O. The van der Waals surface area contributed by atoms with Gasteiger partial charge in [0, 0.05) is 12.4 Å². The zero-order chi connectivity index (χ0) is 16.2. The van der Waals surface area contributed by atoms with Gasteiger partial charge in [-0.25, -0.2) is 4.63 Å². The van der Waals surface area contributed by atoms with E-state index in [-0.39, 0.29) is 11.6 Å². The van der Waals surface area contributed by atoms with E-state index in [9.17, 15) is 0 Å². The molecule has 0 saturated heterocycles. The summed E-state index contributed by atoms with van der Waals surface area (Å²) < 4.78 is 6.00. The first-order valence-corrected chi connectivity index (χ1v) is 6.65. The van der Waals surface area contributed by atoms with Gasteiger partial charge in [-0.2, -0.15) is 14.9 Å². The minimum atomic E-state index is 0.134. The molecule has 3 aromatic rings. The van der Waals surface area contributed by atoms with Gasteiger partial charge in [0.2, 0.25) is 11.6 Å².